The summed E-state index contributed by atoms with van der Waals surface area (Å²) in [6.07, 6.45) is 6.29. The van der Waals surface area contributed by atoms with E-state index in [0.717, 1.165) is 11.8 Å². The molecule has 0 aromatic carbocycles. The molecule has 2 unspecified atom stereocenters. The van der Waals surface area contributed by atoms with E-state index >= 15 is 0 Å². The molecule has 0 saturated heterocycles. The van der Waals surface area contributed by atoms with Crippen molar-refractivity contribution >= 4 is 0 Å². The molecule has 0 aromatic heterocycles. The van der Waals surface area contributed by atoms with Crippen molar-refractivity contribution in [2.24, 2.45) is 11.8 Å². The first-order valence-electron chi connectivity index (χ1n) is 5.24. The summed E-state index contributed by atoms with van der Waals surface area (Å²) >= 11 is 0. The Morgan fingerprint density at radius 1 is 1.33 bits per heavy atom. The monoisotopic (exact) mass is 168 g/mol. The van der Waals surface area contributed by atoms with Gasteiger partial charge in [-0.2, -0.15) is 0 Å². The highest BCUT2D eigenvalue weighted by molar-refractivity contribution is 5.00. The van der Waals surface area contributed by atoms with E-state index in [9.17, 15) is 0 Å². The van der Waals surface area contributed by atoms with Gasteiger partial charge in [-0.15, -0.1) is 0 Å². The van der Waals surface area contributed by atoms with E-state index in [0.29, 0.717) is 0 Å². The van der Waals surface area contributed by atoms with Crippen LogP contribution in [0.5, 0.6) is 0 Å². The molecule has 0 saturated carbocycles. The van der Waals surface area contributed by atoms with Gasteiger partial charge in [0.25, 0.3) is 0 Å². The summed E-state index contributed by atoms with van der Waals surface area (Å²) in [6, 6.07) is 0. The van der Waals surface area contributed by atoms with E-state index in [2.05, 4.69) is 40.7 Å². The number of hydrogen-bond donors (Lipinski definition) is 0. The third kappa shape index (κ3) is 4.58. The maximum Gasteiger partial charge on any atom is -0.0232 e. The lowest BCUT2D eigenvalue weighted by molar-refractivity contribution is 0.423. The van der Waals surface area contributed by atoms with Crippen LogP contribution in [-0.4, -0.2) is 0 Å². The van der Waals surface area contributed by atoms with Gasteiger partial charge in [0, 0.05) is 0 Å². The van der Waals surface area contributed by atoms with Crippen molar-refractivity contribution in [2.45, 2.75) is 53.9 Å². The average molecular weight is 168 g/mol. The van der Waals surface area contributed by atoms with Gasteiger partial charge >= 0.3 is 0 Å². The summed E-state index contributed by atoms with van der Waals surface area (Å²) in [6.45, 7) is 11.3. The van der Waals surface area contributed by atoms with Gasteiger partial charge in [-0.25, -0.2) is 0 Å². The van der Waals surface area contributed by atoms with Gasteiger partial charge in [0.05, 0.1) is 0 Å². The largest absolute Gasteiger partial charge is 0.0885 e. The number of rotatable bonds is 5. The van der Waals surface area contributed by atoms with Gasteiger partial charge < -0.3 is 0 Å². The van der Waals surface area contributed by atoms with Crippen molar-refractivity contribution in [1.82, 2.24) is 0 Å². The van der Waals surface area contributed by atoms with E-state index in [1.165, 1.54) is 24.8 Å². The van der Waals surface area contributed by atoms with Gasteiger partial charge in [-0.05, 0) is 32.1 Å². The summed E-state index contributed by atoms with van der Waals surface area (Å²) in [4.78, 5) is 0. The minimum Gasteiger partial charge on any atom is -0.0885 e. The molecule has 72 valence electrons. The summed E-state index contributed by atoms with van der Waals surface area (Å²) in [5.74, 6) is 1.66. The quantitative estimate of drug-likeness (QED) is 0.533. The average Bonchev–Trinajstić information content (AvgIpc) is 2.03. The Balaban J connectivity index is 3.75. The zero-order chi connectivity index (χ0) is 9.56. The standard InChI is InChI=1S/C12H24/c1-6-8-10(3)9-12(5)11(4)7-2/h7,10,12H,6,8-9H2,1-5H3. The molecule has 0 aliphatic carbocycles. The Bertz CT molecular complexity index is 133. The first kappa shape index (κ1) is 11.7. The topological polar surface area (TPSA) is 0 Å². The second-order valence-electron chi connectivity index (χ2n) is 4.06. The van der Waals surface area contributed by atoms with Crippen LogP contribution in [0.15, 0.2) is 11.6 Å². The van der Waals surface area contributed by atoms with Gasteiger partial charge in [-0.1, -0.05) is 45.3 Å². The fraction of sp³-hybridized carbons (Fsp3) is 0.833. The predicted octanol–water partition coefficient (Wildman–Crippen LogP) is 4.42. The normalized spacial score (nSPS) is 17.6. The third-order valence-electron chi connectivity index (χ3n) is 2.77. The van der Waals surface area contributed by atoms with Gasteiger partial charge in [0.15, 0.2) is 0 Å². The van der Waals surface area contributed by atoms with Crippen molar-refractivity contribution in [3.8, 4) is 0 Å². The van der Waals surface area contributed by atoms with Crippen LogP contribution >= 0.6 is 0 Å². The molecule has 0 aromatic rings. The molecule has 12 heavy (non-hydrogen) atoms. The highest BCUT2D eigenvalue weighted by Gasteiger charge is 2.08. The van der Waals surface area contributed by atoms with Gasteiger partial charge in [-0.3, -0.25) is 0 Å². The third-order valence-corrected chi connectivity index (χ3v) is 2.77. The Hall–Kier alpha value is -0.260. The predicted molar refractivity (Wildman–Crippen MR) is 57.3 cm³/mol. The summed E-state index contributed by atoms with van der Waals surface area (Å²) in [7, 11) is 0. The molecule has 0 N–H and O–H groups in total. The van der Waals surface area contributed by atoms with E-state index in [1.807, 2.05) is 0 Å². The highest BCUT2D eigenvalue weighted by Crippen LogP contribution is 2.21. The molecule has 2 atom stereocenters. The molecular weight excluding hydrogens is 144 g/mol. The fourth-order valence-corrected chi connectivity index (χ4v) is 1.68. The molecule has 0 fully saturated rings. The van der Waals surface area contributed by atoms with E-state index < -0.39 is 0 Å². The molecule has 0 spiro atoms. The van der Waals surface area contributed by atoms with Crippen molar-refractivity contribution < 1.29 is 0 Å². The lowest BCUT2D eigenvalue weighted by Gasteiger charge is -2.17. The summed E-state index contributed by atoms with van der Waals surface area (Å²) in [5, 5.41) is 0. The molecule has 0 aliphatic rings. The molecule has 0 heterocycles. The van der Waals surface area contributed by atoms with E-state index in [4.69, 9.17) is 0 Å². The van der Waals surface area contributed by atoms with Crippen LogP contribution in [0.1, 0.15) is 53.9 Å². The SMILES string of the molecule is CC=C(C)C(C)CC(C)CCC. The highest BCUT2D eigenvalue weighted by atomic mass is 14.1. The van der Waals surface area contributed by atoms with Crippen molar-refractivity contribution in [3.05, 3.63) is 11.6 Å². The van der Waals surface area contributed by atoms with Gasteiger partial charge in [0.1, 0.15) is 0 Å². The van der Waals surface area contributed by atoms with Crippen LogP contribution in [0.2, 0.25) is 0 Å². The van der Waals surface area contributed by atoms with Crippen molar-refractivity contribution in [3.63, 3.8) is 0 Å². The minimum atomic E-state index is 0.775. The maximum absolute atomic E-state index is 2.36. The molecule has 0 rings (SSSR count). The zero-order valence-corrected chi connectivity index (χ0v) is 9.35. The lowest BCUT2D eigenvalue weighted by Crippen LogP contribution is -2.03. The zero-order valence-electron chi connectivity index (χ0n) is 9.35. The van der Waals surface area contributed by atoms with Crippen LogP contribution < -0.4 is 0 Å². The first-order valence-corrected chi connectivity index (χ1v) is 5.24. The number of hydrogen-bond acceptors (Lipinski definition) is 0. The molecule has 0 nitrogen and oxygen atoms in total. The molecule has 0 bridgehead atoms. The maximum atomic E-state index is 2.36. The van der Waals surface area contributed by atoms with Crippen LogP contribution in [0.25, 0.3) is 0 Å². The Morgan fingerprint density at radius 3 is 2.33 bits per heavy atom. The van der Waals surface area contributed by atoms with Crippen LogP contribution in [0.3, 0.4) is 0 Å². The smallest absolute Gasteiger partial charge is 0.0232 e. The molecule has 0 heteroatoms. The minimum absolute atomic E-state index is 0.775. The van der Waals surface area contributed by atoms with Crippen LogP contribution in [-0.2, 0) is 0 Å². The first-order chi connectivity index (χ1) is 5.61. The lowest BCUT2D eigenvalue weighted by atomic mass is 9.89. The fourth-order valence-electron chi connectivity index (χ4n) is 1.68. The van der Waals surface area contributed by atoms with Crippen LogP contribution in [0, 0.1) is 11.8 Å². The Morgan fingerprint density at radius 2 is 1.92 bits per heavy atom. The van der Waals surface area contributed by atoms with E-state index in [-0.39, 0.29) is 0 Å². The molecule has 0 amide bonds. The summed E-state index contributed by atoms with van der Waals surface area (Å²) < 4.78 is 0. The Kier molecular flexibility index (Phi) is 6.14. The van der Waals surface area contributed by atoms with Crippen molar-refractivity contribution in [1.29, 1.82) is 0 Å². The molecular formula is C12H24. The van der Waals surface area contributed by atoms with E-state index in [1.54, 1.807) is 0 Å². The van der Waals surface area contributed by atoms with Crippen LogP contribution in [0.4, 0.5) is 0 Å². The van der Waals surface area contributed by atoms with Crippen molar-refractivity contribution in [2.75, 3.05) is 0 Å². The summed E-state index contributed by atoms with van der Waals surface area (Å²) in [5.41, 5.74) is 1.54. The second-order valence-corrected chi connectivity index (χ2v) is 4.06. The van der Waals surface area contributed by atoms with Gasteiger partial charge in [0.2, 0.25) is 0 Å². The molecule has 0 aliphatic heterocycles. The molecule has 0 radical (unpaired) electrons. The Labute approximate surface area is 78.1 Å². The second kappa shape index (κ2) is 6.28. The number of allylic oxidation sites excluding steroid dienone is 2.